The van der Waals surface area contributed by atoms with Crippen molar-refractivity contribution in [3.8, 4) is 11.4 Å². The molecule has 8 heteroatoms. The Bertz CT molecular complexity index is 782. The summed E-state index contributed by atoms with van der Waals surface area (Å²) in [5, 5.41) is 0.920. The first kappa shape index (κ1) is 12.0. The zero-order valence-corrected chi connectivity index (χ0v) is 11.0. The lowest BCUT2D eigenvalue weighted by atomic mass is 10.2. The fourth-order valence-electron chi connectivity index (χ4n) is 1.72. The molecule has 0 aliphatic rings. The Morgan fingerprint density at radius 3 is 2.53 bits per heavy atom. The van der Waals surface area contributed by atoms with Crippen LogP contribution in [0.25, 0.3) is 22.6 Å². The minimum absolute atomic E-state index is 0.0807. The molecular formula is C11H8Cl2N6. The summed E-state index contributed by atoms with van der Waals surface area (Å²) in [6.07, 6.45) is 0. The number of hydrogen-bond donors (Lipinski definition) is 3. The van der Waals surface area contributed by atoms with Crippen molar-refractivity contribution in [1.29, 1.82) is 0 Å². The Morgan fingerprint density at radius 2 is 1.79 bits per heavy atom. The molecule has 19 heavy (non-hydrogen) atoms. The molecule has 0 radical (unpaired) electrons. The molecule has 96 valence electrons. The molecule has 0 saturated carbocycles. The number of nitrogens with one attached hydrogen (secondary N) is 1. The van der Waals surface area contributed by atoms with E-state index in [0.29, 0.717) is 27.0 Å². The fourth-order valence-corrected chi connectivity index (χ4v) is 2.01. The van der Waals surface area contributed by atoms with Crippen LogP contribution < -0.4 is 11.5 Å². The van der Waals surface area contributed by atoms with Gasteiger partial charge in [0, 0.05) is 5.56 Å². The molecule has 0 aliphatic heterocycles. The second-order valence-corrected chi connectivity index (χ2v) is 4.69. The van der Waals surface area contributed by atoms with Gasteiger partial charge < -0.3 is 16.5 Å². The molecule has 2 aromatic heterocycles. The quantitative estimate of drug-likeness (QED) is 0.639. The van der Waals surface area contributed by atoms with Gasteiger partial charge in [-0.3, -0.25) is 0 Å². The van der Waals surface area contributed by atoms with E-state index < -0.39 is 0 Å². The highest BCUT2D eigenvalue weighted by Gasteiger charge is 2.11. The van der Waals surface area contributed by atoms with Crippen molar-refractivity contribution in [1.82, 2.24) is 19.9 Å². The van der Waals surface area contributed by atoms with Crippen molar-refractivity contribution in [2.45, 2.75) is 0 Å². The molecule has 5 N–H and O–H groups in total. The maximum Gasteiger partial charge on any atom is 0.224 e. The average molecular weight is 295 g/mol. The largest absolute Gasteiger partial charge is 0.382 e. The van der Waals surface area contributed by atoms with E-state index in [4.69, 9.17) is 34.7 Å². The SMILES string of the molecule is Nc1nc(N)c2[nH]c(-c3ccc(Cl)c(Cl)c3)nc2n1. The minimum Gasteiger partial charge on any atom is -0.382 e. The molecular weight excluding hydrogens is 287 g/mol. The summed E-state index contributed by atoms with van der Waals surface area (Å²) < 4.78 is 0. The second kappa shape index (κ2) is 4.25. The molecule has 6 nitrogen and oxygen atoms in total. The smallest absolute Gasteiger partial charge is 0.224 e. The summed E-state index contributed by atoms with van der Waals surface area (Å²) in [6.45, 7) is 0. The summed E-state index contributed by atoms with van der Waals surface area (Å²) >= 11 is 11.8. The number of nitrogen functional groups attached to an aromatic ring is 2. The van der Waals surface area contributed by atoms with Crippen molar-refractivity contribution < 1.29 is 0 Å². The number of H-pyrrole nitrogens is 1. The summed E-state index contributed by atoms with van der Waals surface area (Å²) in [5.41, 5.74) is 13.0. The number of nitrogens with two attached hydrogens (primary N) is 2. The third-order valence-electron chi connectivity index (χ3n) is 2.59. The van der Waals surface area contributed by atoms with Crippen molar-refractivity contribution in [3.63, 3.8) is 0 Å². The molecule has 0 saturated heterocycles. The van der Waals surface area contributed by atoms with Crippen LogP contribution >= 0.6 is 23.2 Å². The first-order valence-electron chi connectivity index (χ1n) is 5.28. The van der Waals surface area contributed by atoms with Gasteiger partial charge in [0.2, 0.25) is 5.95 Å². The van der Waals surface area contributed by atoms with Gasteiger partial charge in [0.25, 0.3) is 0 Å². The van der Waals surface area contributed by atoms with Gasteiger partial charge >= 0.3 is 0 Å². The van der Waals surface area contributed by atoms with Crippen molar-refractivity contribution >= 4 is 46.1 Å². The topological polar surface area (TPSA) is 106 Å². The molecule has 3 rings (SSSR count). The molecule has 1 aromatic carbocycles. The molecule has 0 fully saturated rings. The van der Waals surface area contributed by atoms with Gasteiger partial charge in [-0.05, 0) is 18.2 Å². The zero-order chi connectivity index (χ0) is 13.6. The third kappa shape index (κ3) is 2.05. The summed E-state index contributed by atoms with van der Waals surface area (Å²) in [7, 11) is 0. The summed E-state index contributed by atoms with van der Waals surface area (Å²) in [4.78, 5) is 15.2. The number of imidazole rings is 1. The van der Waals surface area contributed by atoms with Crippen LogP contribution in [0.15, 0.2) is 18.2 Å². The maximum atomic E-state index is 5.97. The first-order chi connectivity index (χ1) is 9.04. The molecule has 0 amide bonds. The predicted octanol–water partition coefficient (Wildman–Crippen LogP) is 2.49. The maximum absolute atomic E-state index is 5.97. The van der Waals surface area contributed by atoms with E-state index in [2.05, 4.69) is 19.9 Å². The fraction of sp³-hybridized carbons (Fsp3) is 0. The van der Waals surface area contributed by atoms with Gasteiger partial charge in [-0.15, -0.1) is 0 Å². The van der Waals surface area contributed by atoms with Crippen molar-refractivity contribution in [3.05, 3.63) is 28.2 Å². The van der Waals surface area contributed by atoms with E-state index in [9.17, 15) is 0 Å². The molecule has 0 bridgehead atoms. The van der Waals surface area contributed by atoms with E-state index in [1.807, 2.05) is 0 Å². The predicted molar refractivity (Wildman–Crippen MR) is 76.0 cm³/mol. The number of halogens is 2. The van der Waals surface area contributed by atoms with Crippen LogP contribution in [-0.2, 0) is 0 Å². The molecule has 3 aromatic rings. The number of rotatable bonds is 1. The van der Waals surface area contributed by atoms with Crippen LogP contribution in [0, 0.1) is 0 Å². The standard InChI is InChI=1S/C11H8Cl2N6/c12-5-2-1-4(3-6(5)13)9-16-7-8(14)17-11(15)19-10(7)18-9/h1-3H,(H5,14,15,16,17,18,19). The monoisotopic (exact) mass is 294 g/mol. The van der Waals surface area contributed by atoms with Crippen LogP contribution in [0.3, 0.4) is 0 Å². The number of aromatic nitrogens is 4. The number of aromatic amines is 1. The van der Waals surface area contributed by atoms with Crippen molar-refractivity contribution in [2.24, 2.45) is 0 Å². The Balaban J connectivity index is 2.20. The highest BCUT2D eigenvalue weighted by Crippen LogP contribution is 2.28. The number of hydrogen-bond acceptors (Lipinski definition) is 5. The van der Waals surface area contributed by atoms with E-state index in [0.717, 1.165) is 5.56 Å². The lowest BCUT2D eigenvalue weighted by molar-refractivity contribution is 1.22. The van der Waals surface area contributed by atoms with Gasteiger partial charge in [0.15, 0.2) is 11.5 Å². The van der Waals surface area contributed by atoms with Gasteiger partial charge in [-0.25, -0.2) is 4.98 Å². The lowest BCUT2D eigenvalue weighted by Gasteiger charge is -1.99. The lowest BCUT2D eigenvalue weighted by Crippen LogP contribution is -1.99. The van der Waals surface area contributed by atoms with Crippen LogP contribution in [0.2, 0.25) is 10.0 Å². The van der Waals surface area contributed by atoms with Crippen LogP contribution in [0.1, 0.15) is 0 Å². The zero-order valence-electron chi connectivity index (χ0n) is 9.48. The third-order valence-corrected chi connectivity index (χ3v) is 3.33. The summed E-state index contributed by atoms with van der Waals surface area (Å²) in [6, 6.07) is 5.18. The first-order valence-corrected chi connectivity index (χ1v) is 6.04. The minimum atomic E-state index is 0.0807. The Morgan fingerprint density at radius 1 is 1.00 bits per heavy atom. The molecule has 0 atom stereocenters. The molecule has 0 aliphatic carbocycles. The average Bonchev–Trinajstić information content (AvgIpc) is 2.76. The van der Waals surface area contributed by atoms with E-state index >= 15 is 0 Å². The molecule has 0 spiro atoms. The molecule has 0 unspecified atom stereocenters. The molecule has 2 heterocycles. The van der Waals surface area contributed by atoms with Gasteiger partial charge in [0.1, 0.15) is 11.3 Å². The summed E-state index contributed by atoms with van der Waals surface area (Å²) in [5.74, 6) is 0.902. The number of nitrogens with zero attached hydrogens (tertiary/aromatic N) is 3. The highest BCUT2D eigenvalue weighted by molar-refractivity contribution is 6.42. The van der Waals surface area contributed by atoms with E-state index in [1.54, 1.807) is 18.2 Å². The van der Waals surface area contributed by atoms with Crippen molar-refractivity contribution in [2.75, 3.05) is 11.5 Å². The Kier molecular flexibility index (Phi) is 2.69. The normalized spacial score (nSPS) is 11.1. The van der Waals surface area contributed by atoms with E-state index in [1.165, 1.54) is 0 Å². The van der Waals surface area contributed by atoms with E-state index in [-0.39, 0.29) is 11.8 Å². The Labute approximate surface area is 117 Å². The number of fused-ring (bicyclic) bond motifs is 1. The van der Waals surface area contributed by atoms with Gasteiger partial charge in [-0.2, -0.15) is 9.97 Å². The van der Waals surface area contributed by atoms with Gasteiger partial charge in [-0.1, -0.05) is 23.2 Å². The Hall–Kier alpha value is -2.05. The highest BCUT2D eigenvalue weighted by atomic mass is 35.5. The number of anilines is 2. The number of benzene rings is 1. The van der Waals surface area contributed by atoms with Crippen LogP contribution in [0.5, 0.6) is 0 Å². The second-order valence-electron chi connectivity index (χ2n) is 3.88. The van der Waals surface area contributed by atoms with Crippen LogP contribution in [0.4, 0.5) is 11.8 Å². The van der Waals surface area contributed by atoms with Crippen LogP contribution in [-0.4, -0.2) is 19.9 Å². The van der Waals surface area contributed by atoms with Gasteiger partial charge in [0.05, 0.1) is 10.0 Å².